The van der Waals surface area contributed by atoms with E-state index in [1.54, 1.807) is 12.3 Å². The lowest BCUT2D eigenvalue weighted by Crippen LogP contribution is -2.32. The molecular weight excluding hydrogens is 367 g/mol. The number of alkyl halides is 3. The maximum atomic E-state index is 13.4. The molecule has 0 amide bonds. The second kappa shape index (κ2) is 9.52. The van der Waals surface area contributed by atoms with E-state index in [1.165, 1.54) is 12.2 Å². The van der Waals surface area contributed by atoms with Gasteiger partial charge in [-0.1, -0.05) is 33.3 Å². The highest BCUT2D eigenvalue weighted by Gasteiger charge is 2.39. The average Bonchev–Trinajstić information content (AvgIpc) is 2.62. The van der Waals surface area contributed by atoms with Crippen molar-refractivity contribution in [2.24, 2.45) is 34.3 Å². The first-order chi connectivity index (χ1) is 12.9. The van der Waals surface area contributed by atoms with Crippen molar-refractivity contribution < 1.29 is 13.2 Å². The number of allylic oxidation sites excluding steroid dienone is 4. The van der Waals surface area contributed by atoms with E-state index < -0.39 is 17.3 Å². The van der Waals surface area contributed by atoms with E-state index >= 15 is 0 Å². The SMILES string of the molecule is CCC(C)C(C)(CC(/C(N)=C/C=C(N)N)=C(\N)C(F)(F)F)Cc1ccccn1. The molecule has 0 saturated heterocycles. The Kier molecular flexibility index (Phi) is 7.96. The van der Waals surface area contributed by atoms with E-state index in [2.05, 4.69) is 4.98 Å². The molecule has 0 spiro atoms. The Bertz CT molecular complexity index is 734. The number of hydrogen-bond acceptors (Lipinski definition) is 5. The second-order valence-corrected chi connectivity index (χ2v) is 7.32. The summed E-state index contributed by atoms with van der Waals surface area (Å²) in [5, 5.41) is 0. The van der Waals surface area contributed by atoms with Crippen LogP contribution in [0.25, 0.3) is 0 Å². The van der Waals surface area contributed by atoms with Gasteiger partial charge < -0.3 is 22.9 Å². The summed E-state index contributed by atoms with van der Waals surface area (Å²) < 4.78 is 40.2. The minimum Gasteiger partial charge on any atom is -0.398 e. The largest absolute Gasteiger partial charge is 0.431 e. The first kappa shape index (κ1) is 23.4. The summed E-state index contributed by atoms with van der Waals surface area (Å²) in [5.41, 5.74) is 20.9. The Hall–Kier alpha value is -2.64. The molecule has 1 rings (SSSR count). The molecule has 0 aliphatic heterocycles. The third-order valence-corrected chi connectivity index (χ3v) is 5.13. The van der Waals surface area contributed by atoms with Gasteiger partial charge in [0.1, 0.15) is 5.70 Å². The minimum atomic E-state index is -4.70. The predicted molar refractivity (Wildman–Crippen MR) is 106 cm³/mol. The van der Waals surface area contributed by atoms with Crippen LogP contribution in [0.2, 0.25) is 0 Å². The molecule has 0 saturated carbocycles. The monoisotopic (exact) mass is 397 g/mol. The Balaban J connectivity index is 3.45. The van der Waals surface area contributed by atoms with Crippen LogP contribution in [0.4, 0.5) is 13.2 Å². The van der Waals surface area contributed by atoms with Gasteiger partial charge in [0.2, 0.25) is 0 Å². The van der Waals surface area contributed by atoms with E-state index in [0.29, 0.717) is 6.42 Å². The lowest BCUT2D eigenvalue weighted by molar-refractivity contribution is -0.0938. The van der Waals surface area contributed by atoms with Gasteiger partial charge in [-0.2, -0.15) is 13.2 Å². The summed E-state index contributed by atoms with van der Waals surface area (Å²) >= 11 is 0. The van der Waals surface area contributed by atoms with E-state index in [4.69, 9.17) is 22.9 Å². The lowest BCUT2D eigenvalue weighted by Gasteiger charge is -2.37. The topological polar surface area (TPSA) is 117 Å². The fourth-order valence-corrected chi connectivity index (χ4v) is 3.03. The molecule has 2 unspecified atom stereocenters. The van der Waals surface area contributed by atoms with Crippen LogP contribution < -0.4 is 22.9 Å². The molecule has 8 heteroatoms. The number of nitrogens with zero attached hydrogens (tertiary/aromatic N) is 1. The molecule has 0 bridgehead atoms. The Labute approximate surface area is 164 Å². The summed E-state index contributed by atoms with van der Waals surface area (Å²) in [5.74, 6) is 0.0273. The molecule has 156 valence electrons. The van der Waals surface area contributed by atoms with Crippen LogP contribution in [0.3, 0.4) is 0 Å². The molecule has 1 aromatic heterocycles. The minimum absolute atomic E-state index is 0.0323. The molecule has 1 aromatic rings. The fraction of sp³-hybridized carbons (Fsp3) is 0.450. The summed E-state index contributed by atoms with van der Waals surface area (Å²) in [6.45, 7) is 5.93. The van der Waals surface area contributed by atoms with Crippen LogP contribution in [0, 0.1) is 11.3 Å². The molecule has 0 aliphatic rings. The number of nitrogens with two attached hydrogens (primary N) is 4. The predicted octanol–water partition coefficient (Wildman–Crippen LogP) is 3.44. The van der Waals surface area contributed by atoms with Crippen molar-refractivity contribution in [3.05, 3.63) is 65.0 Å². The molecule has 0 aromatic carbocycles. The number of aromatic nitrogens is 1. The van der Waals surface area contributed by atoms with Gasteiger partial charge in [-0.15, -0.1) is 0 Å². The van der Waals surface area contributed by atoms with Gasteiger partial charge in [-0.3, -0.25) is 4.98 Å². The van der Waals surface area contributed by atoms with Crippen molar-refractivity contribution in [1.82, 2.24) is 4.98 Å². The lowest BCUT2D eigenvalue weighted by atomic mass is 9.68. The molecule has 1 heterocycles. The van der Waals surface area contributed by atoms with Crippen molar-refractivity contribution >= 4 is 0 Å². The van der Waals surface area contributed by atoms with Crippen molar-refractivity contribution in [2.75, 3.05) is 0 Å². The van der Waals surface area contributed by atoms with Gasteiger partial charge in [0.05, 0.1) is 5.82 Å². The molecule has 5 nitrogen and oxygen atoms in total. The van der Waals surface area contributed by atoms with E-state index in [-0.39, 0.29) is 29.4 Å². The Morgan fingerprint density at radius 3 is 2.25 bits per heavy atom. The third-order valence-electron chi connectivity index (χ3n) is 5.13. The molecule has 8 N–H and O–H groups in total. The second-order valence-electron chi connectivity index (χ2n) is 7.32. The van der Waals surface area contributed by atoms with Gasteiger partial charge in [-0.25, -0.2) is 0 Å². The normalized spacial score (nSPS) is 16.7. The highest BCUT2D eigenvalue weighted by atomic mass is 19.4. The zero-order chi connectivity index (χ0) is 21.5. The van der Waals surface area contributed by atoms with Crippen LogP contribution in [-0.2, 0) is 6.42 Å². The highest BCUT2D eigenvalue weighted by Crippen LogP contribution is 2.42. The number of hydrogen-bond donors (Lipinski definition) is 4. The molecule has 0 fully saturated rings. The van der Waals surface area contributed by atoms with Crippen LogP contribution >= 0.6 is 0 Å². The first-order valence-corrected chi connectivity index (χ1v) is 9.05. The molecular formula is C20H30F3N5. The van der Waals surface area contributed by atoms with E-state index in [1.807, 2.05) is 32.9 Å². The number of pyridine rings is 1. The quantitative estimate of drug-likeness (QED) is 0.501. The standard InChI is InChI=1S/C20H30F3N5/c1-4-13(2)19(3,11-14-7-5-6-10-28-14)12-15(18(27)20(21,22)23)16(24)8-9-17(25)26/h5-10,13H,4,11-12,24-27H2,1-3H3/b16-8-,18-15+. The fourth-order valence-electron chi connectivity index (χ4n) is 3.03. The maximum absolute atomic E-state index is 13.4. The Morgan fingerprint density at radius 1 is 1.14 bits per heavy atom. The molecule has 28 heavy (non-hydrogen) atoms. The number of halogens is 3. The van der Waals surface area contributed by atoms with Crippen molar-refractivity contribution in [1.29, 1.82) is 0 Å². The van der Waals surface area contributed by atoms with Crippen LogP contribution in [0.5, 0.6) is 0 Å². The first-order valence-electron chi connectivity index (χ1n) is 9.05. The van der Waals surface area contributed by atoms with Gasteiger partial charge in [0, 0.05) is 23.2 Å². The summed E-state index contributed by atoms with van der Waals surface area (Å²) in [4.78, 5) is 4.33. The molecule has 0 radical (unpaired) electrons. The summed E-state index contributed by atoms with van der Waals surface area (Å²) in [7, 11) is 0. The van der Waals surface area contributed by atoms with Gasteiger partial charge in [0.25, 0.3) is 0 Å². The van der Waals surface area contributed by atoms with Crippen molar-refractivity contribution in [3.8, 4) is 0 Å². The smallest absolute Gasteiger partial charge is 0.398 e. The van der Waals surface area contributed by atoms with Gasteiger partial charge in [-0.05, 0) is 48.5 Å². The molecule has 0 aliphatic carbocycles. The van der Waals surface area contributed by atoms with Crippen LogP contribution in [-0.4, -0.2) is 11.2 Å². The van der Waals surface area contributed by atoms with Crippen LogP contribution in [0.1, 0.15) is 39.3 Å². The van der Waals surface area contributed by atoms with Gasteiger partial charge >= 0.3 is 6.18 Å². The molecule has 2 atom stereocenters. The Morgan fingerprint density at radius 2 is 1.79 bits per heavy atom. The third kappa shape index (κ3) is 6.51. The van der Waals surface area contributed by atoms with Crippen molar-refractivity contribution in [3.63, 3.8) is 0 Å². The van der Waals surface area contributed by atoms with E-state index in [9.17, 15) is 13.2 Å². The van der Waals surface area contributed by atoms with Crippen LogP contribution in [0.15, 0.2) is 59.3 Å². The maximum Gasteiger partial charge on any atom is 0.431 e. The zero-order valence-corrected chi connectivity index (χ0v) is 16.6. The summed E-state index contributed by atoms with van der Waals surface area (Å²) in [6, 6.07) is 5.50. The zero-order valence-electron chi connectivity index (χ0n) is 16.6. The van der Waals surface area contributed by atoms with Gasteiger partial charge in [0.15, 0.2) is 0 Å². The van der Waals surface area contributed by atoms with E-state index in [0.717, 1.165) is 12.1 Å². The van der Waals surface area contributed by atoms with Crippen molar-refractivity contribution in [2.45, 2.75) is 46.2 Å². The number of rotatable bonds is 8. The summed E-state index contributed by atoms with van der Waals surface area (Å²) in [6.07, 6.45) is 0.759. The highest BCUT2D eigenvalue weighted by molar-refractivity contribution is 5.37. The average molecular weight is 397 g/mol.